The molecular formula is C18H19ClN2O2. The predicted molar refractivity (Wildman–Crippen MR) is 90.0 cm³/mol. The van der Waals surface area contributed by atoms with Crippen molar-refractivity contribution in [2.45, 2.75) is 39.2 Å². The van der Waals surface area contributed by atoms with Crippen molar-refractivity contribution in [3.63, 3.8) is 0 Å². The zero-order valence-corrected chi connectivity index (χ0v) is 13.8. The summed E-state index contributed by atoms with van der Waals surface area (Å²) >= 11 is 5.95. The van der Waals surface area contributed by atoms with Crippen LogP contribution in [0.2, 0.25) is 5.02 Å². The predicted octanol–water partition coefficient (Wildman–Crippen LogP) is 3.82. The Morgan fingerprint density at radius 1 is 1.30 bits per heavy atom. The van der Waals surface area contributed by atoms with Crippen LogP contribution in [0.4, 0.5) is 0 Å². The summed E-state index contributed by atoms with van der Waals surface area (Å²) < 4.78 is 0. The first-order chi connectivity index (χ1) is 11.1. The minimum atomic E-state index is -0.177. The number of H-pyrrole nitrogens is 1. The number of benzene rings is 1. The number of rotatable bonds is 3. The Balaban J connectivity index is 1.80. The highest BCUT2D eigenvalue weighted by Crippen LogP contribution is 2.26. The van der Waals surface area contributed by atoms with Gasteiger partial charge in [-0.2, -0.15) is 0 Å². The highest BCUT2D eigenvalue weighted by molar-refractivity contribution is 6.30. The highest BCUT2D eigenvalue weighted by Gasteiger charge is 2.25. The third-order valence-electron chi connectivity index (χ3n) is 4.22. The molecule has 1 aliphatic rings. The van der Waals surface area contributed by atoms with E-state index in [1.165, 1.54) is 0 Å². The van der Waals surface area contributed by atoms with Gasteiger partial charge in [-0.1, -0.05) is 23.7 Å². The van der Waals surface area contributed by atoms with Gasteiger partial charge in [-0.3, -0.25) is 9.59 Å². The molecule has 23 heavy (non-hydrogen) atoms. The summed E-state index contributed by atoms with van der Waals surface area (Å²) in [7, 11) is 0. The SMILES string of the molecule is Cc1[nH]c(C(=O)NCc2cccc(Cl)c2)c2c1C(=O)CCCC2. The van der Waals surface area contributed by atoms with Gasteiger partial charge < -0.3 is 10.3 Å². The minimum Gasteiger partial charge on any atom is -0.354 e. The van der Waals surface area contributed by atoms with E-state index in [1.807, 2.05) is 25.1 Å². The molecule has 0 saturated carbocycles. The molecule has 120 valence electrons. The van der Waals surface area contributed by atoms with Gasteiger partial charge >= 0.3 is 0 Å². The van der Waals surface area contributed by atoms with E-state index in [-0.39, 0.29) is 11.7 Å². The van der Waals surface area contributed by atoms with E-state index in [0.717, 1.165) is 41.6 Å². The topological polar surface area (TPSA) is 62.0 Å². The molecule has 2 aromatic rings. The highest BCUT2D eigenvalue weighted by atomic mass is 35.5. The number of Topliss-reactive ketones (excluding diaryl/α,β-unsaturated/α-hetero) is 1. The van der Waals surface area contributed by atoms with Crippen LogP contribution in [-0.4, -0.2) is 16.7 Å². The van der Waals surface area contributed by atoms with Gasteiger partial charge in [0.1, 0.15) is 5.69 Å². The van der Waals surface area contributed by atoms with E-state index in [9.17, 15) is 9.59 Å². The van der Waals surface area contributed by atoms with E-state index in [0.29, 0.717) is 23.7 Å². The first-order valence-corrected chi connectivity index (χ1v) is 8.21. The van der Waals surface area contributed by atoms with Crippen LogP contribution in [0.15, 0.2) is 24.3 Å². The van der Waals surface area contributed by atoms with Crippen molar-refractivity contribution < 1.29 is 9.59 Å². The van der Waals surface area contributed by atoms with Crippen LogP contribution in [0, 0.1) is 6.92 Å². The third-order valence-corrected chi connectivity index (χ3v) is 4.45. The number of aromatic nitrogens is 1. The van der Waals surface area contributed by atoms with Crippen molar-refractivity contribution in [2.75, 3.05) is 0 Å². The van der Waals surface area contributed by atoms with Crippen molar-refractivity contribution in [1.29, 1.82) is 0 Å². The van der Waals surface area contributed by atoms with E-state index >= 15 is 0 Å². The van der Waals surface area contributed by atoms with E-state index in [4.69, 9.17) is 11.6 Å². The molecule has 5 heteroatoms. The van der Waals surface area contributed by atoms with Gasteiger partial charge in [-0.25, -0.2) is 0 Å². The maximum Gasteiger partial charge on any atom is 0.268 e. The van der Waals surface area contributed by atoms with E-state index in [2.05, 4.69) is 10.3 Å². The molecule has 0 unspecified atom stereocenters. The van der Waals surface area contributed by atoms with Crippen molar-refractivity contribution >= 4 is 23.3 Å². The molecule has 1 aliphatic carbocycles. The molecule has 1 heterocycles. The lowest BCUT2D eigenvalue weighted by atomic mass is 10.0. The summed E-state index contributed by atoms with van der Waals surface area (Å²) in [4.78, 5) is 27.8. The first-order valence-electron chi connectivity index (χ1n) is 7.83. The summed E-state index contributed by atoms with van der Waals surface area (Å²) in [6.07, 6.45) is 3.15. The van der Waals surface area contributed by atoms with Gasteiger partial charge in [0.15, 0.2) is 5.78 Å². The molecule has 2 N–H and O–H groups in total. The normalized spacial score (nSPS) is 14.3. The van der Waals surface area contributed by atoms with Crippen LogP contribution in [0.3, 0.4) is 0 Å². The number of hydrogen-bond donors (Lipinski definition) is 2. The molecule has 0 aliphatic heterocycles. The molecule has 4 nitrogen and oxygen atoms in total. The first kappa shape index (κ1) is 15.8. The number of nitrogens with one attached hydrogen (secondary N) is 2. The molecule has 0 bridgehead atoms. The van der Waals surface area contributed by atoms with Gasteiger partial charge in [0.25, 0.3) is 5.91 Å². The molecule has 0 atom stereocenters. The maximum atomic E-state index is 12.5. The summed E-state index contributed by atoms with van der Waals surface area (Å²) in [6.45, 7) is 2.26. The summed E-state index contributed by atoms with van der Waals surface area (Å²) in [6, 6.07) is 7.39. The number of hydrogen-bond acceptors (Lipinski definition) is 2. The lowest BCUT2D eigenvalue weighted by molar-refractivity contribution is 0.0944. The van der Waals surface area contributed by atoms with Crippen LogP contribution in [0.1, 0.15) is 56.9 Å². The lowest BCUT2D eigenvalue weighted by Crippen LogP contribution is -2.24. The Kier molecular flexibility index (Phi) is 4.53. The molecule has 1 amide bonds. The molecule has 1 aromatic heterocycles. The standard InChI is InChI=1S/C18H19ClN2O2/c1-11-16-14(7-2-3-8-15(16)22)17(21-11)18(23)20-10-12-5-4-6-13(19)9-12/h4-6,9,21H,2-3,7-8,10H2,1H3,(H,20,23). The maximum absolute atomic E-state index is 12.5. The number of ketones is 1. The second-order valence-corrected chi connectivity index (χ2v) is 6.36. The van der Waals surface area contributed by atoms with E-state index < -0.39 is 0 Å². The number of aryl methyl sites for hydroxylation is 1. The smallest absolute Gasteiger partial charge is 0.268 e. The molecular weight excluding hydrogens is 312 g/mol. The Labute approximate surface area is 140 Å². The Morgan fingerprint density at radius 3 is 2.87 bits per heavy atom. The summed E-state index contributed by atoms with van der Waals surface area (Å²) in [5.41, 5.74) is 3.84. The van der Waals surface area contributed by atoms with Crippen molar-refractivity contribution in [3.8, 4) is 0 Å². The number of aromatic amines is 1. The third kappa shape index (κ3) is 3.32. The number of halogens is 1. The van der Waals surface area contributed by atoms with Crippen molar-refractivity contribution in [2.24, 2.45) is 0 Å². The van der Waals surface area contributed by atoms with Crippen molar-refractivity contribution in [1.82, 2.24) is 10.3 Å². The number of carbonyl (C=O) groups is 2. The van der Waals surface area contributed by atoms with Gasteiger partial charge in [0, 0.05) is 29.2 Å². The number of fused-ring (bicyclic) bond motifs is 1. The van der Waals surface area contributed by atoms with Crippen LogP contribution in [0.5, 0.6) is 0 Å². The van der Waals surface area contributed by atoms with Crippen LogP contribution in [-0.2, 0) is 13.0 Å². The number of carbonyl (C=O) groups excluding carboxylic acids is 2. The zero-order valence-electron chi connectivity index (χ0n) is 13.0. The number of amides is 1. The lowest BCUT2D eigenvalue weighted by Gasteiger charge is -2.07. The van der Waals surface area contributed by atoms with Gasteiger partial charge in [-0.05, 0) is 49.4 Å². The van der Waals surface area contributed by atoms with Gasteiger partial charge in [0.2, 0.25) is 0 Å². The average molecular weight is 331 g/mol. The molecule has 3 rings (SSSR count). The fraction of sp³-hybridized carbons (Fsp3) is 0.333. The average Bonchev–Trinajstić information content (AvgIpc) is 2.73. The van der Waals surface area contributed by atoms with Gasteiger partial charge in [0.05, 0.1) is 0 Å². The quantitative estimate of drug-likeness (QED) is 0.840. The fourth-order valence-electron chi connectivity index (χ4n) is 3.13. The fourth-order valence-corrected chi connectivity index (χ4v) is 3.34. The second kappa shape index (κ2) is 6.59. The monoisotopic (exact) mass is 330 g/mol. The molecule has 0 spiro atoms. The second-order valence-electron chi connectivity index (χ2n) is 5.92. The molecule has 0 fully saturated rings. The minimum absolute atomic E-state index is 0.139. The zero-order chi connectivity index (χ0) is 16.4. The summed E-state index contributed by atoms with van der Waals surface area (Å²) in [5, 5.41) is 3.55. The summed E-state index contributed by atoms with van der Waals surface area (Å²) in [5.74, 6) is -0.0378. The van der Waals surface area contributed by atoms with E-state index in [1.54, 1.807) is 6.07 Å². The Morgan fingerprint density at radius 2 is 2.09 bits per heavy atom. The molecule has 0 radical (unpaired) electrons. The molecule has 1 aromatic carbocycles. The van der Waals surface area contributed by atoms with Crippen LogP contribution >= 0.6 is 11.6 Å². The van der Waals surface area contributed by atoms with Gasteiger partial charge in [-0.15, -0.1) is 0 Å². The Hall–Kier alpha value is -2.07. The van der Waals surface area contributed by atoms with Crippen LogP contribution < -0.4 is 5.32 Å². The van der Waals surface area contributed by atoms with Crippen LogP contribution in [0.25, 0.3) is 0 Å². The molecule has 0 saturated heterocycles. The Bertz CT molecular complexity index is 764. The largest absolute Gasteiger partial charge is 0.354 e. The van der Waals surface area contributed by atoms with Crippen molar-refractivity contribution in [3.05, 3.63) is 57.4 Å².